The van der Waals surface area contributed by atoms with Gasteiger partial charge in [0.15, 0.2) is 0 Å². The molecule has 0 spiro atoms. The van der Waals surface area contributed by atoms with Crippen LogP contribution in [0, 0.1) is 23.2 Å². The summed E-state index contributed by atoms with van der Waals surface area (Å²) in [6.45, 7) is 6.50. The molecule has 0 saturated heterocycles. The first-order chi connectivity index (χ1) is 8.42. The zero-order valence-electron chi connectivity index (χ0n) is 11.7. The summed E-state index contributed by atoms with van der Waals surface area (Å²) in [5.41, 5.74) is 2.10. The van der Waals surface area contributed by atoms with E-state index in [1.165, 1.54) is 5.57 Å². The first-order valence-corrected chi connectivity index (χ1v) is 7.04. The van der Waals surface area contributed by atoms with Gasteiger partial charge in [-0.15, -0.1) is 0 Å². The van der Waals surface area contributed by atoms with Crippen molar-refractivity contribution in [2.45, 2.75) is 46.1 Å². The average Bonchev–Trinajstić information content (AvgIpc) is 2.47. The van der Waals surface area contributed by atoms with E-state index in [0.29, 0.717) is 5.92 Å². The highest BCUT2D eigenvalue weighted by molar-refractivity contribution is 5.30. The van der Waals surface area contributed by atoms with Crippen LogP contribution in [0.3, 0.4) is 0 Å². The summed E-state index contributed by atoms with van der Waals surface area (Å²) in [6, 6.07) is 0. The highest BCUT2D eigenvalue weighted by Gasteiger charge is 2.48. The van der Waals surface area contributed by atoms with Gasteiger partial charge in [0, 0.05) is 18.4 Å². The standard InChI is InChI=1S/C15H26O3/c1-9-4-5-10(7-16)12(8-17)11-6-15(2,3)14(18)13(9)11/h9-10,13-14,16-18H,4-8H2,1-3H3. The van der Waals surface area contributed by atoms with Gasteiger partial charge in [-0.3, -0.25) is 0 Å². The molecule has 104 valence electrons. The first kappa shape index (κ1) is 14.0. The van der Waals surface area contributed by atoms with Crippen LogP contribution in [0.25, 0.3) is 0 Å². The van der Waals surface area contributed by atoms with Gasteiger partial charge in [0.05, 0.1) is 12.7 Å². The predicted octanol–water partition coefficient (Wildman–Crippen LogP) is 1.72. The van der Waals surface area contributed by atoms with Crippen LogP contribution in [-0.4, -0.2) is 34.6 Å². The maximum absolute atomic E-state index is 10.5. The Bertz CT molecular complexity index is 346. The molecule has 0 aliphatic heterocycles. The van der Waals surface area contributed by atoms with Crippen molar-refractivity contribution in [1.29, 1.82) is 0 Å². The fourth-order valence-electron chi connectivity index (χ4n) is 3.88. The van der Waals surface area contributed by atoms with E-state index in [2.05, 4.69) is 20.8 Å². The lowest BCUT2D eigenvalue weighted by Gasteiger charge is -2.28. The number of hydrogen-bond acceptors (Lipinski definition) is 3. The molecule has 0 heterocycles. The van der Waals surface area contributed by atoms with Gasteiger partial charge in [-0.2, -0.15) is 0 Å². The lowest BCUT2D eigenvalue weighted by atomic mass is 9.81. The molecule has 0 bridgehead atoms. The Hall–Kier alpha value is -0.380. The van der Waals surface area contributed by atoms with Crippen molar-refractivity contribution in [3.63, 3.8) is 0 Å². The minimum Gasteiger partial charge on any atom is -0.396 e. The fraction of sp³-hybridized carbons (Fsp3) is 0.867. The third-order valence-electron chi connectivity index (χ3n) is 5.07. The lowest BCUT2D eigenvalue weighted by molar-refractivity contribution is 0.0306. The van der Waals surface area contributed by atoms with Crippen molar-refractivity contribution in [2.75, 3.05) is 13.2 Å². The summed E-state index contributed by atoms with van der Waals surface area (Å²) in [4.78, 5) is 0. The van der Waals surface area contributed by atoms with Crippen LogP contribution in [0.5, 0.6) is 0 Å². The number of hydrogen-bond donors (Lipinski definition) is 3. The molecule has 0 aromatic rings. The number of aliphatic hydroxyl groups is 3. The van der Waals surface area contributed by atoms with E-state index in [1.807, 2.05) is 0 Å². The van der Waals surface area contributed by atoms with Crippen molar-refractivity contribution >= 4 is 0 Å². The first-order valence-electron chi connectivity index (χ1n) is 7.04. The molecule has 3 nitrogen and oxygen atoms in total. The van der Waals surface area contributed by atoms with Crippen molar-refractivity contribution in [1.82, 2.24) is 0 Å². The highest BCUT2D eigenvalue weighted by Crippen LogP contribution is 2.52. The molecule has 4 atom stereocenters. The minimum absolute atomic E-state index is 0.0204. The largest absolute Gasteiger partial charge is 0.396 e. The van der Waals surface area contributed by atoms with Gasteiger partial charge in [-0.25, -0.2) is 0 Å². The molecule has 2 aliphatic carbocycles. The van der Waals surface area contributed by atoms with E-state index in [9.17, 15) is 15.3 Å². The summed E-state index contributed by atoms with van der Waals surface area (Å²) in [7, 11) is 0. The van der Waals surface area contributed by atoms with Gasteiger partial charge in [0.25, 0.3) is 0 Å². The van der Waals surface area contributed by atoms with Crippen LogP contribution < -0.4 is 0 Å². The Morgan fingerprint density at radius 2 is 1.89 bits per heavy atom. The third kappa shape index (κ3) is 2.13. The van der Waals surface area contributed by atoms with Gasteiger partial charge in [-0.1, -0.05) is 26.3 Å². The van der Waals surface area contributed by atoms with Gasteiger partial charge in [0.1, 0.15) is 0 Å². The molecule has 0 amide bonds. The molecule has 1 saturated carbocycles. The zero-order valence-corrected chi connectivity index (χ0v) is 11.7. The Balaban J connectivity index is 2.46. The van der Waals surface area contributed by atoms with Crippen LogP contribution in [0.4, 0.5) is 0 Å². The minimum atomic E-state index is -0.332. The topological polar surface area (TPSA) is 60.7 Å². The molecule has 18 heavy (non-hydrogen) atoms. The van der Waals surface area contributed by atoms with E-state index < -0.39 is 0 Å². The van der Waals surface area contributed by atoms with Crippen LogP contribution in [0.1, 0.15) is 40.0 Å². The summed E-state index contributed by atoms with van der Waals surface area (Å²) in [5.74, 6) is 0.673. The maximum Gasteiger partial charge on any atom is 0.0662 e. The van der Waals surface area contributed by atoms with Crippen LogP contribution in [0.15, 0.2) is 11.1 Å². The predicted molar refractivity (Wildman–Crippen MR) is 71.0 cm³/mol. The van der Waals surface area contributed by atoms with Gasteiger partial charge in [-0.05, 0) is 36.2 Å². The quantitative estimate of drug-likeness (QED) is 0.658. The van der Waals surface area contributed by atoms with Crippen LogP contribution in [-0.2, 0) is 0 Å². The van der Waals surface area contributed by atoms with Crippen molar-refractivity contribution in [3.8, 4) is 0 Å². The van der Waals surface area contributed by atoms with Crippen molar-refractivity contribution < 1.29 is 15.3 Å². The average molecular weight is 254 g/mol. The molecule has 4 unspecified atom stereocenters. The molecular formula is C15H26O3. The molecule has 1 fully saturated rings. The van der Waals surface area contributed by atoms with Gasteiger partial charge in [0.2, 0.25) is 0 Å². The highest BCUT2D eigenvalue weighted by atomic mass is 16.3. The van der Waals surface area contributed by atoms with E-state index in [-0.39, 0.29) is 36.6 Å². The molecule has 0 aromatic carbocycles. The van der Waals surface area contributed by atoms with Crippen molar-refractivity contribution in [2.24, 2.45) is 23.2 Å². The fourth-order valence-corrected chi connectivity index (χ4v) is 3.88. The van der Waals surface area contributed by atoms with E-state index in [4.69, 9.17) is 0 Å². The number of fused-ring (bicyclic) bond motifs is 1. The second kappa shape index (κ2) is 4.95. The molecule has 0 radical (unpaired) electrons. The summed E-state index contributed by atoms with van der Waals surface area (Å²) in [6.07, 6.45) is 2.44. The van der Waals surface area contributed by atoms with Gasteiger partial charge < -0.3 is 15.3 Å². The smallest absolute Gasteiger partial charge is 0.0662 e. The van der Waals surface area contributed by atoms with Gasteiger partial charge >= 0.3 is 0 Å². The Kier molecular flexibility index (Phi) is 3.86. The molecule has 3 heteroatoms. The maximum atomic E-state index is 10.5. The van der Waals surface area contributed by atoms with Crippen LogP contribution in [0.2, 0.25) is 0 Å². The molecule has 0 aromatic heterocycles. The van der Waals surface area contributed by atoms with Crippen molar-refractivity contribution in [3.05, 3.63) is 11.1 Å². The molecule has 3 N–H and O–H groups in total. The Labute approximate surface area is 110 Å². The third-order valence-corrected chi connectivity index (χ3v) is 5.07. The van der Waals surface area contributed by atoms with Crippen LogP contribution >= 0.6 is 0 Å². The Morgan fingerprint density at radius 3 is 2.44 bits per heavy atom. The van der Waals surface area contributed by atoms with E-state index in [1.54, 1.807) is 0 Å². The molecule has 2 aliphatic rings. The summed E-state index contributed by atoms with van der Waals surface area (Å²) < 4.78 is 0. The van der Waals surface area contributed by atoms with E-state index >= 15 is 0 Å². The monoisotopic (exact) mass is 254 g/mol. The zero-order chi connectivity index (χ0) is 13.5. The summed E-state index contributed by atoms with van der Waals surface area (Å²) >= 11 is 0. The second-order valence-corrected chi connectivity index (χ2v) is 6.78. The number of aliphatic hydroxyl groups excluding tert-OH is 3. The molecular weight excluding hydrogens is 228 g/mol. The Morgan fingerprint density at radius 1 is 1.22 bits per heavy atom. The SMILES string of the molecule is CC1CCC(CO)C(CO)=C2CC(C)(C)C(O)C21. The second-order valence-electron chi connectivity index (χ2n) is 6.78. The number of rotatable bonds is 2. The molecule has 2 rings (SSSR count). The normalized spacial score (nSPS) is 39.7. The lowest BCUT2D eigenvalue weighted by Crippen LogP contribution is -2.31. The van der Waals surface area contributed by atoms with E-state index in [0.717, 1.165) is 24.8 Å². The summed E-state index contributed by atoms with van der Waals surface area (Å²) in [5, 5.41) is 29.7.